The van der Waals surface area contributed by atoms with E-state index >= 15 is 0 Å². The predicted octanol–water partition coefficient (Wildman–Crippen LogP) is 8.28. The Kier molecular flexibility index (Phi) is 5.07. The fourth-order valence-corrected chi connectivity index (χ4v) is 5.39. The van der Waals surface area contributed by atoms with Crippen LogP contribution in [-0.2, 0) is 0 Å². The van der Waals surface area contributed by atoms with E-state index in [1.165, 1.54) is 0 Å². The summed E-state index contributed by atoms with van der Waals surface area (Å²) in [6.45, 7) is 0. The van der Waals surface area contributed by atoms with Gasteiger partial charge >= 0.3 is 0 Å². The molecule has 5 heterocycles. The van der Waals surface area contributed by atoms with Crippen molar-refractivity contribution in [1.82, 2.24) is 24.9 Å². The van der Waals surface area contributed by atoms with Gasteiger partial charge < -0.3 is 0 Å². The highest BCUT2D eigenvalue weighted by Crippen LogP contribution is 2.34. The molecule has 8 rings (SSSR count). The maximum Gasteiger partial charge on any atom is 0.0972 e. The van der Waals surface area contributed by atoms with E-state index < -0.39 is 0 Å². The van der Waals surface area contributed by atoms with E-state index in [4.69, 9.17) is 9.97 Å². The van der Waals surface area contributed by atoms with E-state index in [1.54, 1.807) is 6.20 Å². The molecule has 0 aliphatic rings. The molecule has 0 fully saturated rings. The zero-order chi connectivity index (χ0) is 26.5. The molecule has 0 N–H and O–H groups in total. The number of rotatable bonds is 3. The minimum atomic E-state index is 0.880. The van der Waals surface area contributed by atoms with Gasteiger partial charge in [-0.1, -0.05) is 54.6 Å². The van der Waals surface area contributed by atoms with Crippen LogP contribution in [0.2, 0.25) is 0 Å². The highest BCUT2D eigenvalue weighted by atomic mass is 14.8. The van der Waals surface area contributed by atoms with Crippen molar-refractivity contribution in [3.05, 3.63) is 128 Å². The number of benzene rings is 3. The molecule has 0 unspecified atom stereocenters. The van der Waals surface area contributed by atoms with Gasteiger partial charge in [-0.2, -0.15) is 0 Å². The Bertz CT molecular complexity index is 2090. The van der Waals surface area contributed by atoms with Gasteiger partial charge in [-0.3, -0.25) is 15.0 Å². The molecule has 3 aromatic carbocycles. The topological polar surface area (TPSA) is 64.5 Å². The van der Waals surface area contributed by atoms with Crippen LogP contribution in [0.1, 0.15) is 0 Å². The molecular formula is C35H21N5. The molecule has 40 heavy (non-hydrogen) atoms. The van der Waals surface area contributed by atoms with E-state index in [1.807, 2.05) is 36.8 Å². The summed E-state index contributed by atoms with van der Waals surface area (Å²) < 4.78 is 0. The Hall–Kier alpha value is -5.55. The minimum Gasteiger partial charge on any atom is -0.264 e. The monoisotopic (exact) mass is 511 g/mol. The third kappa shape index (κ3) is 3.76. The maximum absolute atomic E-state index is 5.13. The first-order valence-corrected chi connectivity index (χ1v) is 13.2. The number of fused-ring (bicyclic) bond motifs is 6. The first-order chi connectivity index (χ1) is 19.8. The summed E-state index contributed by atoms with van der Waals surface area (Å²) in [5, 5.41) is 4.28. The van der Waals surface area contributed by atoms with Gasteiger partial charge in [0.05, 0.1) is 33.5 Å². The van der Waals surface area contributed by atoms with Gasteiger partial charge in [-0.15, -0.1) is 0 Å². The number of hydrogen-bond acceptors (Lipinski definition) is 5. The van der Waals surface area contributed by atoms with Crippen LogP contribution < -0.4 is 0 Å². The first-order valence-electron chi connectivity index (χ1n) is 13.2. The van der Waals surface area contributed by atoms with Crippen LogP contribution >= 0.6 is 0 Å². The standard InChI is InChI=1S/C35H21N5/c1-6-26(21-36-15-1)27-18-28(30-13-11-24-9-7-22-4-2-16-37-32(22)34(24)39-30)20-29(19-27)31-14-12-25-10-8-23-5-3-17-38-33(23)35(25)40-31/h1-21H. The molecule has 5 nitrogen and oxygen atoms in total. The molecule has 0 aliphatic heterocycles. The van der Waals surface area contributed by atoms with Gasteiger partial charge in [0.1, 0.15) is 0 Å². The fraction of sp³-hybridized carbons (Fsp3) is 0. The zero-order valence-corrected chi connectivity index (χ0v) is 21.4. The van der Waals surface area contributed by atoms with Gasteiger partial charge in [0.15, 0.2) is 0 Å². The van der Waals surface area contributed by atoms with Crippen molar-refractivity contribution < 1.29 is 0 Å². The summed E-state index contributed by atoms with van der Waals surface area (Å²) in [7, 11) is 0. The normalized spacial score (nSPS) is 11.5. The first kappa shape index (κ1) is 22.4. The lowest BCUT2D eigenvalue weighted by atomic mass is 9.96. The van der Waals surface area contributed by atoms with Crippen molar-refractivity contribution >= 4 is 43.6 Å². The van der Waals surface area contributed by atoms with Crippen molar-refractivity contribution in [2.75, 3.05) is 0 Å². The van der Waals surface area contributed by atoms with E-state index in [-0.39, 0.29) is 0 Å². The van der Waals surface area contributed by atoms with E-state index in [0.717, 1.165) is 77.3 Å². The van der Waals surface area contributed by atoms with Crippen LogP contribution in [0.15, 0.2) is 128 Å². The lowest BCUT2D eigenvalue weighted by Crippen LogP contribution is -1.92. The maximum atomic E-state index is 5.13. The number of pyridine rings is 5. The summed E-state index contributed by atoms with van der Waals surface area (Å²) in [5.41, 5.74) is 9.45. The Morgan fingerprint density at radius 1 is 0.375 bits per heavy atom. The fourth-order valence-electron chi connectivity index (χ4n) is 5.39. The summed E-state index contributed by atoms with van der Waals surface area (Å²) >= 11 is 0. The van der Waals surface area contributed by atoms with Gasteiger partial charge in [-0.05, 0) is 54.1 Å². The Morgan fingerprint density at radius 3 is 1.38 bits per heavy atom. The van der Waals surface area contributed by atoms with E-state index in [2.05, 4.69) is 99.9 Å². The van der Waals surface area contributed by atoms with Gasteiger partial charge in [0.25, 0.3) is 0 Å². The summed E-state index contributed by atoms with van der Waals surface area (Å²) in [6, 6.07) is 35.4. The number of hydrogen-bond donors (Lipinski definition) is 0. The molecule has 0 radical (unpaired) electrons. The highest BCUT2D eigenvalue weighted by Gasteiger charge is 2.13. The molecular weight excluding hydrogens is 490 g/mol. The van der Waals surface area contributed by atoms with Crippen LogP contribution in [0, 0.1) is 0 Å². The van der Waals surface area contributed by atoms with Crippen molar-refractivity contribution in [1.29, 1.82) is 0 Å². The SMILES string of the molecule is c1cncc(-c2cc(-c3ccc4ccc5cccnc5c4n3)cc(-c3ccc4ccc5cccnc5c4n3)c2)c1. The third-order valence-electron chi connectivity index (χ3n) is 7.38. The molecule has 0 bridgehead atoms. The number of nitrogens with zero attached hydrogens (tertiary/aromatic N) is 5. The second kappa shape index (κ2) is 9.03. The smallest absolute Gasteiger partial charge is 0.0972 e. The zero-order valence-electron chi connectivity index (χ0n) is 21.4. The van der Waals surface area contributed by atoms with Crippen LogP contribution in [0.4, 0.5) is 0 Å². The molecule has 0 aliphatic carbocycles. The Labute approximate surface area is 229 Å². The molecule has 0 atom stereocenters. The molecule has 0 saturated carbocycles. The highest BCUT2D eigenvalue weighted by molar-refractivity contribution is 6.04. The summed E-state index contributed by atoms with van der Waals surface area (Å²) in [4.78, 5) is 23.9. The van der Waals surface area contributed by atoms with Gasteiger partial charge in [0.2, 0.25) is 0 Å². The molecule has 8 aromatic rings. The quantitative estimate of drug-likeness (QED) is 0.223. The summed E-state index contributed by atoms with van der Waals surface area (Å²) in [5.74, 6) is 0. The summed E-state index contributed by atoms with van der Waals surface area (Å²) in [6.07, 6.45) is 7.32. The van der Waals surface area contributed by atoms with E-state index in [0.29, 0.717) is 0 Å². The largest absolute Gasteiger partial charge is 0.264 e. The van der Waals surface area contributed by atoms with Gasteiger partial charge in [-0.25, -0.2) is 9.97 Å². The van der Waals surface area contributed by atoms with Crippen LogP contribution in [0.3, 0.4) is 0 Å². The molecule has 0 amide bonds. The lowest BCUT2D eigenvalue weighted by Gasteiger charge is -2.12. The van der Waals surface area contributed by atoms with Gasteiger partial charge in [0, 0.05) is 63.0 Å². The molecule has 0 spiro atoms. The minimum absolute atomic E-state index is 0.880. The second-order valence-electron chi connectivity index (χ2n) is 9.86. The lowest BCUT2D eigenvalue weighted by molar-refractivity contribution is 1.32. The van der Waals surface area contributed by atoms with Crippen molar-refractivity contribution in [3.63, 3.8) is 0 Å². The predicted molar refractivity (Wildman–Crippen MR) is 162 cm³/mol. The average Bonchev–Trinajstić information content (AvgIpc) is 3.04. The van der Waals surface area contributed by atoms with E-state index in [9.17, 15) is 0 Å². The van der Waals surface area contributed by atoms with Crippen LogP contribution in [-0.4, -0.2) is 24.9 Å². The molecule has 5 aromatic heterocycles. The average molecular weight is 512 g/mol. The third-order valence-corrected chi connectivity index (χ3v) is 7.38. The number of aromatic nitrogens is 5. The van der Waals surface area contributed by atoms with Crippen molar-refractivity contribution in [2.24, 2.45) is 0 Å². The molecule has 0 saturated heterocycles. The molecule has 186 valence electrons. The Morgan fingerprint density at radius 2 is 0.850 bits per heavy atom. The van der Waals surface area contributed by atoms with Crippen molar-refractivity contribution in [2.45, 2.75) is 0 Å². The molecule has 5 heteroatoms. The van der Waals surface area contributed by atoms with Crippen LogP contribution in [0.5, 0.6) is 0 Å². The van der Waals surface area contributed by atoms with Crippen molar-refractivity contribution in [3.8, 4) is 33.6 Å². The Balaban J connectivity index is 1.36. The second-order valence-corrected chi connectivity index (χ2v) is 9.86. The van der Waals surface area contributed by atoms with Crippen LogP contribution in [0.25, 0.3) is 77.3 Å².